The molecule has 1 aromatic rings. The topological polar surface area (TPSA) is 41.3 Å². The van der Waals surface area contributed by atoms with Crippen LogP contribution in [0.2, 0.25) is 0 Å². The maximum Gasteiger partial charge on any atom is 0.0368 e. The highest BCUT2D eigenvalue weighted by Crippen LogP contribution is 2.16. The molecule has 0 aliphatic carbocycles. The van der Waals surface area contributed by atoms with Gasteiger partial charge in [-0.25, -0.2) is 0 Å². The summed E-state index contributed by atoms with van der Waals surface area (Å²) < 4.78 is 0. The Hall–Kier alpha value is -0.930. The summed E-state index contributed by atoms with van der Waals surface area (Å²) in [4.78, 5) is 2.37. The van der Waals surface area contributed by atoms with Crippen LogP contribution in [-0.4, -0.2) is 26.2 Å². The molecule has 1 aromatic carbocycles. The molecule has 0 bridgehead atoms. The third kappa shape index (κ3) is 2.53. The smallest absolute Gasteiger partial charge is 0.0368 e. The van der Waals surface area contributed by atoms with Crippen LogP contribution in [0.5, 0.6) is 0 Å². The van der Waals surface area contributed by atoms with Gasteiger partial charge < -0.3 is 16.0 Å². The van der Waals surface area contributed by atoms with Gasteiger partial charge in [-0.1, -0.05) is 0 Å². The van der Waals surface area contributed by atoms with Crippen molar-refractivity contribution >= 4 is 23.8 Å². The monoisotopic (exact) mass is 213 g/mol. The van der Waals surface area contributed by atoms with E-state index in [1.807, 2.05) is 12.1 Å². The Bertz CT molecular complexity index is 267. The molecule has 0 aromatic heterocycles. The standard InChI is InChI=1S/C10H15N3.ClH/c11-9-1-3-10(4-2-9)13-7-5-12-6-8-13;/h1-4,12H,5-8,11H2;1H. The van der Waals surface area contributed by atoms with Crippen LogP contribution < -0.4 is 16.0 Å². The first kappa shape index (κ1) is 11.1. The Morgan fingerprint density at radius 3 is 2.21 bits per heavy atom. The second kappa shape index (κ2) is 5.08. The summed E-state index contributed by atoms with van der Waals surface area (Å²) in [6.45, 7) is 4.32. The van der Waals surface area contributed by atoms with Gasteiger partial charge in [-0.3, -0.25) is 0 Å². The molecule has 3 N–H and O–H groups in total. The number of benzene rings is 1. The molecule has 1 heterocycles. The largest absolute Gasteiger partial charge is 0.399 e. The summed E-state index contributed by atoms with van der Waals surface area (Å²) in [5.41, 5.74) is 7.73. The van der Waals surface area contributed by atoms with Crippen molar-refractivity contribution in [1.29, 1.82) is 0 Å². The van der Waals surface area contributed by atoms with Gasteiger partial charge in [0.2, 0.25) is 0 Å². The number of nitrogens with zero attached hydrogens (tertiary/aromatic N) is 1. The van der Waals surface area contributed by atoms with Gasteiger partial charge in [0.1, 0.15) is 0 Å². The number of hydrogen-bond acceptors (Lipinski definition) is 3. The van der Waals surface area contributed by atoms with Crippen molar-refractivity contribution in [2.45, 2.75) is 0 Å². The minimum absolute atomic E-state index is 0. The highest BCUT2D eigenvalue weighted by Gasteiger charge is 2.09. The van der Waals surface area contributed by atoms with Crippen LogP contribution >= 0.6 is 12.4 Å². The number of piperazine rings is 1. The lowest BCUT2D eigenvalue weighted by atomic mass is 10.2. The van der Waals surface area contributed by atoms with Crippen molar-refractivity contribution in [2.24, 2.45) is 0 Å². The lowest BCUT2D eigenvalue weighted by Gasteiger charge is -2.29. The number of nitrogens with one attached hydrogen (secondary N) is 1. The molecule has 78 valence electrons. The molecule has 0 unspecified atom stereocenters. The van der Waals surface area contributed by atoms with Crippen LogP contribution in [0.15, 0.2) is 24.3 Å². The lowest BCUT2D eigenvalue weighted by Crippen LogP contribution is -2.43. The summed E-state index contributed by atoms with van der Waals surface area (Å²) in [5, 5.41) is 3.33. The Kier molecular flexibility index (Phi) is 4.04. The summed E-state index contributed by atoms with van der Waals surface area (Å²) in [6, 6.07) is 8.08. The molecule has 1 saturated heterocycles. The summed E-state index contributed by atoms with van der Waals surface area (Å²) in [6.07, 6.45) is 0. The number of rotatable bonds is 1. The Balaban J connectivity index is 0.000000980. The SMILES string of the molecule is Cl.Nc1ccc(N2CCNCC2)cc1. The van der Waals surface area contributed by atoms with E-state index in [4.69, 9.17) is 5.73 Å². The van der Waals surface area contributed by atoms with Gasteiger partial charge >= 0.3 is 0 Å². The quantitative estimate of drug-likeness (QED) is 0.687. The molecule has 1 aliphatic rings. The van der Waals surface area contributed by atoms with Crippen molar-refractivity contribution in [1.82, 2.24) is 5.32 Å². The molecule has 3 nitrogen and oxygen atoms in total. The molecule has 1 aliphatic heterocycles. The van der Waals surface area contributed by atoms with E-state index < -0.39 is 0 Å². The first-order valence-electron chi connectivity index (χ1n) is 4.67. The molecule has 2 rings (SSSR count). The van der Waals surface area contributed by atoms with Crippen molar-refractivity contribution < 1.29 is 0 Å². The summed E-state index contributed by atoms with van der Waals surface area (Å²) in [5.74, 6) is 0. The Labute approximate surface area is 90.7 Å². The van der Waals surface area contributed by atoms with Gasteiger partial charge in [-0.05, 0) is 24.3 Å². The third-order valence-electron chi connectivity index (χ3n) is 2.38. The van der Waals surface area contributed by atoms with Crippen LogP contribution in [0.4, 0.5) is 11.4 Å². The van der Waals surface area contributed by atoms with Crippen molar-refractivity contribution in [3.8, 4) is 0 Å². The molecule has 0 atom stereocenters. The Morgan fingerprint density at radius 1 is 1.07 bits per heavy atom. The molecular formula is C10H16ClN3. The first-order chi connectivity index (χ1) is 6.36. The van der Waals surface area contributed by atoms with Gasteiger partial charge in [0.25, 0.3) is 0 Å². The average Bonchev–Trinajstić information content (AvgIpc) is 2.20. The highest BCUT2D eigenvalue weighted by molar-refractivity contribution is 5.85. The molecule has 0 amide bonds. The maximum absolute atomic E-state index is 5.63. The maximum atomic E-state index is 5.63. The number of hydrogen-bond donors (Lipinski definition) is 2. The number of nitrogens with two attached hydrogens (primary N) is 1. The molecule has 4 heteroatoms. The van der Waals surface area contributed by atoms with Crippen molar-refractivity contribution in [2.75, 3.05) is 36.8 Å². The first-order valence-corrected chi connectivity index (χ1v) is 4.67. The minimum atomic E-state index is 0. The second-order valence-corrected chi connectivity index (χ2v) is 3.33. The molecule has 14 heavy (non-hydrogen) atoms. The average molecular weight is 214 g/mol. The van der Waals surface area contributed by atoms with E-state index in [1.54, 1.807) is 0 Å². The van der Waals surface area contributed by atoms with Crippen LogP contribution in [0.3, 0.4) is 0 Å². The summed E-state index contributed by atoms with van der Waals surface area (Å²) in [7, 11) is 0. The third-order valence-corrected chi connectivity index (χ3v) is 2.38. The van der Waals surface area contributed by atoms with E-state index in [1.165, 1.54) is 5.69 Å². The summed E-state index contributed by atoms with van der Waals surface area (Å²) >= 11 is 0. The zero-order valence-corrected chi connectivity index (χ0v) is 8.89. The van der Waals surface area contributed by atoms with Gasteiger partial charge in [0, 0.05) is 37.6 Å². The van der Waals surface area contributed by atoms with E-state index in [9.17, 15) is 0 Å². The fraction of sp³-hybridized carbons (Fsp3) is 0.400. The van der Waals surface area contributed by atoms with E-state index in [0.717, 1.165) is 31.9 Å². The van der Waals surface area contributed by atoms with Gasteiger partial charge in [-0.2, -0.15) is 0 Å². The van der Waals surface area contributed by atoms with E-state index in [0.29, 0.717) is 0 Å². The molecule has 0 saturated carbocycles. The van der Waals surface area contributed by atoms with Crippen molar-refractivity contribution in [3.63, 3.8) is 0 Å². The fourth-order valence-corrected chi connectivity index (χ4v) is 1.61. The fourth-order valence-electron chi connectivity index (χ4n) is 1.61. The van der Waals surface area contributed by atoms with E-state index in [2.05, 4.69) is 22.3 Å². The molecule has 1 fully saturated rings. The lowest BCUT2D eigenvalue weighted by molar-refractivity contribution is 0.589. The van der Waals surface area contributed by atoms with Gasteiger partial charge in [-0.15, -0.1) is 12.4 Å². The normalized spacial score (nSPS) is 16.1. The van der Waals surface area contributed by atoms with Gasteiger partial charge in [0.15, 0.2) is 0 Å². The van der Waals surface area contributed by atoms with E-state index in [-0.39, 0.29) is 12.4 Å². The minimum Gasteiger partial charge on any atom is -0.399 e. The van der Waals surface area contributed by atoms with Crippen LogP contribution in [0, 0.1) is 0 Å². The second-order valence-electron chi connectivity index (χ2n) is 3.33. The van der Waals surface area contributed by atoms with Gasteiger partial charge in [0.05, 0.1) is 0 Å². The zero-order valence-electron chi connectivity index (χ0n) is 8.07. The predicted molar refractivity (Wildman–Crippen MR) is 63.2 cm³/mol. The number of nitrogen functional groups attached to an aromatic ring is 1. The van der Waals surface area contributed by atoms with E-state index >= 15 is 0 Å². The molecule has 0 radical (unpaired) electrons. The number of anilines is 2. The predicted octanol–water partition coefficient (Wildman–Crippen LogP) is 1.10. The Morgan fingerprint density at radius 2 is 1.64 bits per heavy atom. The van der Waals surface area contributed by atoms with Crippen LogP contribution in [0.25, 0.3) is 0 Å². The highest BCUT2D eigenvalue weighted by atomic mass is 35.5. The molecular weight excluding hydrogens is 198 g/mol. The van der Waals surface area contributed by atoms with Crippen LogP contribution in [-0.2, 0) is 0 Å². The number of halogens is 1. The molecule has 0 spiro atoms. The zero-order chi connectivity index (χ0) is 9.10. The van der Waals surface area contributed by atoms with Crippen LogP contribution in [0.1, 0.15) is 0 Å². The van der Waals surface area contributed by atoms with Crippen molar-refractivity contribution in [3.05, 3.63) is 24.3 Å².